The Morgan fingerprint density at radius 3 is 2.90 bits per heavy atom. The molecule has 9 heteroatoms. The molecule has 0 unspecified atom stereocenters. The van der Waals surface area contributed by atoms with Crippen LogP contribution in [0, 0.1) is 5.82 Å². The lowest BCUT2D eigenvalue weighted by molar-refractivity contribution is 0.102. The molecule has 0 saturated carbocycles. The average molecular weight is 411 g/mol. The summed E-state index contributed by atoms with van der Waals surface area (Å²) >= 11 is 6.09. The fourth-order valence-corrected chi connectivity index (χ4v) is 3.26. The molecule has 1 aliphatic heterocycles. The second kappa shape index (κ2) is 6.75. The van der Waals surface area contributed by atoms with Gasteiger partial charge >= 0.3 is 0 Å². The van der Waals surface area contributed by atoms with Crippen LogP contribution in [0.2, 0.25) is 5.02 Å². The number of carbonyl (C=O) groups excluding carboxylic acids is 1. The maximum Gasteiger partial charge on any atom is 0.260 e. The highest BCUT2D eigenvalue weighted by Crippen LogP contribution is 2.48. The minimum absolute atomic E-state index is 0.0374. The molecule has 0 bridgehead atoms. The molecule has 0 saturated heterocycles. The number of benzene rings is 2. The van der Waals surface area contributed by atoms with Crippen molar-refractivity contribution in [3.05, 3.63) is 70.6 Å². The lowest BCUT2D eigenvalue weighted by Crippen LogP contribution is -2.17. The zero-order valence-electron chi connectivity index (χ0n) is 14.7. The second-order valence-corrected chi connectivity index (χ2v) is 6.73. The van der Waals surface area contributed by atoms with Crippen molar-refractivity contribution >= 4 is 34.2 Å². The van der Waals surface area contributed by atoms with E-state index in [9.17, 15) is 9.18 Å². The Kier molecular flexibility index (Phi) is 4.06. The zero-order valence-corrected chi connectivity index (χ0v) is 15.5. The van der Waals surface area contributed by atoms with Crippen LogP contribution in [0.4, 0.5) is 10.1 Å². The Balaban J connectivity index is 1.41. The molecule has 0 spiro atoms. The number of halogens is 2. The summed E-state index contributed by atoms with van der Waals surface area (Å²) < 4.78 is 25.9. The first-order chi connectivity index (χ1) is 14.1. The van der Waals surface area contributed by atoms with Crippen LogP contribution in [0.1, 0.15) is 15.9 Å². The molecule has 144 valence electrons. The Labute approximate surface area is 168 Å². The number of hydrogen-bond donors (Lipinski definition) is 2. The van der Waals surface area contributed by atoms with Crippen LogP contribution in [-0.4, -0.2) is 21.1 Å². The van der Waals surface area contributed by atoms with E-state index in [-0.39, 0.29) is 22.9 Å². The summed E-state index contributed by atoms with van der Waals surface area (Å²) in [4.78, 5) is 16.9. The number of hydrogen-bond acceptors (Lipinski definition) is 5. The number of amides is 1. The summed E-state index contributed by atoms with van der Waals surface area (Å²) in [7, 11) is 0. The van der Waals surface area contributed by atoms with Gasteiger partial charge in [-0.15, -0.1) is 5.10 Å². The number of H-pyrrole nitrogens is 1. The molecule has 0 atom stereocenters. The van der Waals surface area contributed by atoms with Crippen LogP contribution >= 0.6 is 11.6 Å². The highest BCUT2D eigenvalue weighted by Gasteiger charge is 2.29. The summed E-state index contributed by atoms with van der Waals surface area (Å²) in [6, 6.07) is 12.1. The normalized spacial score (nSPS) is 11.7. The van der Waals surface area contributed by atoms with Crippen LogP contribution in [0.3, 0.4) is 0 Å². The van der Waals surface area contributed by atoms with E-state index in [2.05, 4.69) is 20.5 Å². The predicted molar refractivity (Wildman–Crippen MR) is 104 cm³/mol. The SMILES string of the molecule is O=C(Nc1cnc2[nH]nc3c2c1O3)c1c(Cl)ccc(OCc2ccccc2)c1F. The van der Waals surface area contributed by atoms with E-state index in [0.717, 1.165) is 5.56 Å². The van der Waals surface area contributed by atoms with Crippen LogP contribution in [-0.2, 0) is 6.61 Å². The fraction of sp³-hybridized carbons (Fsp3) is 0.0500. The average Bonchev–Trinajstić information content (AvgIpc) is 3.06. The van der Waals surface area contributed by atoms with Crippen LogP contribution in [0.15, 0.2) is 48.7 Å². The third-order valence-electron chi connectivity index (χ3n) is 4.48. The molecule has 29 heavy (non-hydrogen) atoms. The maximum atomic E-state index is 15.0. The summed E-state index contributed by atoms with van der Waals surface area (Å²) in [6.45, 7) is 0.155. The van der Waals surface area contributed by atoms with Crippen molar-refractivity contribution in [3.63, 3.8) is 0 Å². The minimum Gasteiger partial charge on any atom is -0.486 e. The Hall–Kier alpha value is -3.65. The van der Waals surface area contributed by atoms with Crippen molar-refractivity contribution in [3.8, 4) is 17.4 Å². The van der Waals surface area contributed by atoms with Crippen molar-refractivity contribution in [2.45, 2.75) is 6.61 Å². The van der Waals surface area contributed by atoms with Gasteiger partial charge in [0.15, 0.2) is 23.0 Å². The lowest BCUT2D eigenvalue weighted by Gasteiger charge is -2.18. The molecule has 1 aliphatic rings. The predicted octanol–water partition coefficient (Wildman–Crippen LogP) is 4.69. The van der Waals surface area contributed by atoms with Gasteiger partial charge < -0.3 is 14.8 Å². The van der Waals surface area contributed by atoms with Crippen molar-refractivity contribution in [2.24, 2.45) is 0 Å². The molecule has 2 aromatic carbocycles. The van der Waals surface area contributed by atoms with Gasteiger partial charge in [-0.3, -0.25) is 9.89 Å². The minimum atomic E-state index is -0.844. The van der Waals surface area contributed by atoms with Crippen molar-refractivity contribution in [1.29, 1.82) is 0 Å². The number of nitrogens with one attached hydrogen (secondary N) is 2. The van der Waals surface area contributed by atoms with Crippen molar-refractivity contribution in [1.82, 2.24) is 15.2 Å². The largest absolute Gasteiger partial charge is 0.486 e. The summed E-state index contributed by atoms with van der Waals surface area (Å²) in [6.07, 6.45) is 1.40. The molecule has 2 aromatic heterocycles. The van der Waals surface area contributed by atoms with Gasteiger partial charge in [0.2, 0.25) is 0 Å². The van der Waals surface area contributed by atoms with E-state index in [1.54, 1.807) is 0 Å². The van der Waals surface area contributed by atoms with Crippen molar-refractivity contribution < 1.29 is 18.7 Å². The van der Waals surface area contributed by atoms with Gasteiger partial charge in [-0.25, -0.2) is 9.37 Å². The molecule has 2 N–H and O–H groups in total. The zero-order chi connectivity index (χ0) is 20.0. The Morgan fingerprint density at radius 1 is 1.24 bits per heavy atom. The second-order valence-electron chi connectivity index (χ2n) is 6.32. The van der Waals surface area contributed by atoms with Gasteiger partial charge in [0, 0.05) is 0 Å². The van der Waals surface area contributed by atoms with Gasteiger partial charge in [0.05, 0.1) is 16.8 Å². The molecule has 1 amide bonds. The van der Waals surface area contributed by atoms with Gasteiger partial charge in [-0.05, 0) is 17.7 Å². The highest BCUT2D eigenvalue weighted by atomic mass is 35.5. The molecule has 3 heterocycles. The monoisotopic (exact) mass is 410 g/mol. The number of rotatable bonds is 5. The highest BCUT2D eigenvalue weighted by molar-refractivity contribution is 6.34. The Morgan fingerprint density at radius 2 is 2.07 bits per heavy atom. The molecule has 0 aliphatic carbocycles. The van der Waals surface area contributed by atoms with E-state index in [1.807, 2.05) is 30.3 Å². The van der Waals surface area contributed by atoms with E-state index in [4.69, 9.17) is 21.1 Å². The van der Waals surface area contributed by atoms with Crippen molar-refractivity contribution in [2.75, 3.05) is 5.32 Å². The third kappa shape index (κ3) is 2.94. The standard InChI is InChI=1S/C20H12ClFN4O3/c21-11-6-7-13(28-9-10-4-2-1-3-5-10)16(22)14(11)19(27)24-12-8-23-18-15-17(12)29-20(15)26-25-18/h1-8H,9H2,(H,24,27)(H,23,25,26). The van der Waals surface area contributed by atoms with Gasteiger partial charge in [0.25, 0.3) is 11.8 Å². The number of aromatic amines is 1. The first-order valence-electron chi connectivity index (χ1n) is 8.63. The van der Waals surface area contributed by atoms with E-state index in [0.29, 0.717) is 28.4 Å². The number of aromatic nitrogens is 3. The molecular weight excluding hydrogens is 399 g/mol. The molecule has 7 nitrogen and oxygen atoms in total. The number of pyridine rings is 1. The first kappa shape index (κ1) is 17.4. The van der Waals surface area contributed by atoms with E-state index in [1.165, 1.54) is 18.3 Å². The molecule has 4 aromatic rings. The van der Waals surface area contributed by atoms with Crippen LogP contribution in [0.5, 0.6) is 17.4 Å². The quantitative estimate of drug-likeness (QED) is 0.439. The van der Waals surface area contributed by atoms with Gasteiger partial charge in [-0.1, -0.05) is 41.9 Å². The number of anilines is 1. The summed E-state index contributed by atoms with van der Waals surface area (Å²) in [5.41, 5.74) is 1.38. The lowest BCUT2D eigenvalue weighted by atomic mass is 10.1. The number of ether oxygens (including phenoxy) is 2. The molecule has 0 fully saturated rings. The van der Waals surface area contributed by atoms with Crippen LogP contribution < -0.4 is 14.8 Å². The number of carbonyl (C=O) groups is 1. The topological polar surface area (TPSA) is 89.1 Å². The first-order valence-corrected chi connectivity index (χ1v) is 9.00. The molecule has 0 radical (unpaired) electrons. The molecular formula is C20H12ClFN4O3. The summed E-state index contributed by atoms with van der Waals surface area (Å²) in [5.74, 6) is -0.837. The van der Waals surface area contributed by atoms with Gasteiger partial charge in [-0.2, -0.15) is 0 Å². The smallest absolute Gasteiger partial charge is 0.260 e. The molecule has 5 rings (SSSR count). The van der Waals surface area contributed by atoms with Crippen LogP contribution in [0.25, 0.3) is 11.0 Å². The number of nitrogens with zero attached hydrogens (tertiary/aromatic N) is 2. The third-order valence-corrected chi connectivity index (χ3v) is 4.79. The fourth-order valence-electron chi connectivity index (χ4n) is 3.03. The van der Waals surface area contributed by atoms with E-state index >= 15 is 0 Å². The Bertz CT molecular complexity index is 1260. The van der Waals surface area contributed by atoms with E-state index < -0.39 is 11.7 Å². The summed E-state index contributed by atoms with van der Waals surface area (Å²) in [5, 5.41) is 9.85. The maximum absolute atomic E-state index is 15.0. The van der Waals surface area contributed by atoms with Gasteiger partial charge in [0.1, 0.15) is 17.7 Å².